The van der Waals surface area contributed by atoms with Crippen molar-refractivity contribution in [2.75, 3.05) is 13.7 Å². The van der Waals surface area contributed by atoms with Gasteiger partial charge in [-0.25, -0.2) is 0 Å². The molecular weight excluding hydrogens is 254 g/mol. The summed E-state index contributed by atoms with van der Waals surface area (Å²) in [5, 5.41) is 4.45. The van der Waals surface area contributed by atoms with Gasteiger partial charge in [0, 0.05) is 24.1 Å². The van der Waals surface area contributed by atoms with E-state index in [1.54, 1.807) is 7.11 Å². The molecule has 0 amide bonds. The number of ether oxygens (including phenoxy) is 2. The predicted octanol–water partition coefficient (Wildman–Crippen LogP) is 3.48. The predicted molar refractivity (Wildman–Crippen MR) is 80.1 cm³/mol. The fraction of sp³-hybridized carbons (Fsp3) is 0.500. The lowest BCUT2D eigenvalue weighted by Gasteiger charge is -2.07. The van der Waals surface area contributed by atoms with E-state index < -0.39 is 0 Å². The smallest absolute Gasteiger partial charge is 0.176 e. The van der Waals surface area contributed by atoms with Gasteiger partial charge >= 0.3 is 0 Å². The molecule has 0 saturated heterocycles. The summed E-state index contributed by atoms with van der Waals surface area (Å²) < 4.78 is 17.0. The molecule has 0 unspecified atom stereocenters. The lowest BCUT2D eigenvalue weighted by molar-refractivity contribution is 0.183. The molecule has 0 fully saturated rings. The Balaban J connectivity index is 2.44. The molecule has 0 aliphatic heterocycles. The van der Waals surface area contributed by atoms with Crippen molar-refractivity contribution in [3.63, 3.8) is 0 Å². The second kappa shape index (κ2) is 6.77. The number of para-hydroxylation sites is 1. The van der Waals surface area contributed by atoms with E-state index in [1.165, 1.54) is 0 Å². The minimum absolute atomic E-state index is 0.407. The maximum absolute atomic E-state index is 6.02. The zero-order valence-electron chi connectivity index (χ0n) is 12.7. The summed E-state index contributed by atoms with van der Waals surface area (Å²) in [7, 11) is 1.70. The van der Waals surface area contributed by atoms with Crippen LogP contribution in [0.2, 0.25) is 0 Å². The van der Waals surface area contributed by atoms with Crippen molar-refractivity contribution < 1.29 is 13.9 Å². The summed E-state index contributed by atoms with van der Waals surface area (Å²) in [6.45, 7) is 8.06. The first-order chi connectivity index (χ1) is 9.67. The maximum Gasteiger partial charge on any atom is 0.176 e. The second-order valence-corrected chi connectivity index (χ2v) is 5.04. The molecule has 0 spiro atoms. The molecule has 1 aromatic heterocycles. The molecule has 4 heteroatoms. The molecule has 4 nitrogen and oxygen atoms in total. The van der Waals surface area contributed by atoms with Crippen molar-refractivity contribution in [1.82, 2.24) is 5.32 Å². The zero-order valence-corrected chi connectivity index (χ0v) is 12.7. The molecule has 0 atom stereocenters. The standard InChI is InChI=1S/C16H23NO3/c1-5-19-14-8-6-7-12-13(10-18-4)15(20-16(12)14)9-17-11(2)3/h6-8,11,17H,5,9-10H2,1-4H3. The van der Waals surface area contributed by atoms with Crippen LogP contribution in [-0.4, -0.2) is 19.8 Å². The number of methoxy groups -OCH3 is 1. The SMILES string of the molecule is CCOc1cccc2c(COC)c(CNC(C)C)oc12. The molecule has 0 bridgehead atoms. The fourth-order valence-corrected chi connectivity index (χ4v) is 2.21. The highest BCUT2D eigenvalue weighted by Crippen LogP contribution is 2.33. The van der Waals surface area contributed by atoms with Crippen LogP contribution in [-0.2, 0) is 17.9 Å². The van der Waals surface area contributed by atoms with Crippen LogP contribution in [0, 0.1) is 0 Å². The van der Waals surface area contributed by atoms with Crippen LogP contribution < -0.4 is 10.1 Å². The van der Waals surface area contributed by atoms with E-state index >= 15 is 0 Å². The van der Waals surface area contributed by atoms with Gasteiger partial charge in [-0.1, -0.05) is 26.0 Å². The maximum atomic E-state index is 6.02. The van der Waals surface area contributed by atoms with E-state index in [-0.39, 0.29) is 0 Å². The van der Waals surface area contributed by atoms with Gasteiger partial charge in [-0.3, -0.25) is 0 Å². The van der Waals surface area contributed by atoms with Crippen molar-refractivity contribution in [1.29, 1.82) is 0 Å². The van der Waals surface area contributed by atoms with E-state index in [9.17, 15) is 0 Å². The zero-order chi connectivity index (χ0) is 14.5. The Kier molecular flexibility index (Phi) is 5.04. The molecule has 0 radical (unpaired) electrons. The van der Waals surface area contributed by atoms with E-state index in [2.05, 4.69) is 25.2 Å². The Hall–Kier alpha value is -1.52. The number of rotatable bonds is 7. The van der Waals surface area contributed by atoms with Crippen LogP contribution in [0.5, 0.6) is 5.75 Å². The highest BCUT2D eigenvalue weighted by Gasteiger charge is 2.17. The average Bonchev–Trinajstić information content (AvgIpc) is 2.77. The largest absolute Gasteiger partial charge is 0.490 e. The molecule has 1 aromatic carbocycles. The van der Waals surface area contributed by atoms with Gasteiger partial charge in [-0.15, -0.1) is 0 Å². The third-order valence-corrected chi connectivity index (χ3v) is 3.13. The van der Waals surface area contributed by atoms with Gasteiger partial charge in [0.05, 0.1) is 19.8 Å². The Bertz CT molecular complexity index is 560. The molecule has 2 aromatic rings. The minimum Gasteiger partial charge on any atom is -0.490 e. The van der Waals surface area contributed by atoms with Gasteiger partial charge in [0.25, 0.3) is 0 Å². The number of furan rings is 1. The average molecular weight is 277 g/mol. The monoisotopic (exact) mass is 277 g/mol. The Morgan fingerprint density at radius 3 is 2.75 bits per heavy atom. The molecule has 20 heavy (non-hydrogen) atoms. The minimum atomic E-state index is 0.407. The van der Waals surface area contributed by atoms with Crippen molar-refractivity contribution in [2.24, 2.45) is 0 Å². The number of nitrogens with one attached hydrogen (secondary N) is 1. The summed E-state index contributed by atoms with van der Waals surface area (Å²) in [6.07, 6.45) is 0. The first-order valence-corrected chi connectivity index (χ1v) is 7.05. The molecule has 1 heterocycles. The first-order valence-electron chi connectivity index (χ1n) is 7.05. The quantitative estimate of drug-likeness (QED) is 0.841. The molecule has 0 aliphatic rings. The van der Waals surface area contributed by atoms with Crippen molar-refractivity contribution >= 4 is 11.0 Å². The van der Waals surface area contributed by atoms with Crippen molar-refractivity contribution in [2.45, 2.75) is 40.0 Å². The Morgan fingerprint density at radius 2 is 2.10 bits per heavy atom. The molecule has 1 N–H and O–H groups in total. The van der Waals surface area contributed by atoms with Crippen LogP contribution in [0.15, 0.2) is 22.6 Å². The third kappa shape index (κ3) is 3.14. The van der Waals surface area contributed by atoms with Gasteiger partial charge in [-0.2, -0.15) is 0 Å². The normalized spacial score (nSPS) is 11.4. The molecule has 110 valence electrons. The number of fused-ring (bicyclic) bond motifs is 1. The summed E-state index contributed by atoms with van der Waals surface area (Å²) in [5.41, 5.74) is 1.90. The lowest BCUT2D eigenvalue weighted by atomic mass is 10.1. The molecule has 0 saturated carbocycles. The first kappa shape index (κ1) is 14.9. The van der Waals surface area contributed by atoms with Crippen LogP contribution >= 0.6 is 0 Å². The number of hydrogen-bond donors (Lipinski definition) is 1. The highest BCUT2D eigenvalue weighted by molar-refractivity contribution is 5.87. The van der Waals surface area contributed by atoms with Gasteiger partial charge < -0.3 is 19.2 Å². The van der Waals surface area contributed by atoms with Crippen LogP contribution in [0.1, 0.15) is 32.1 Å². The topological polar surface area (TPSA) is 43.6 Å². The number of hydrogen-bond acceptors (Lipinski definition) is 4. The second-order valence-electron chi connectivity index (χ2n) is 5.04. The Labute approximate surface area is 120 Å². The Morgan fingerprint density at radius 1 is 1.30 bits per heavy atom. The van der Waals surface area contributed by atoms with Gasteiger partial charge in [0.2, 0.25) is 0 Å². The van der Waals surface area contributed by atoms with E-state index in [4.69, 9.17) is 13.9 Å². The highest BCUT2D eigenvalue weighted by atomic mass is 16.5. The fourth-order valence-electron chi connectivity index (χ4n) is 2.21. The lowest BCUT2D eigenvalue weighted by Crippen LogP contribution is -2.22. The van der Waals surface area contributed by atoms with E-state index in [0.717, 1.165) is 28.0 Å². The van der Waals surface area contributed by atoms with Gasteiger partial charge in [-0.05, 0) is 13.0 Å². The molecule has 0 aliphatic carbocycles. The van der Waals surface area contributed by atoms with Gasteiger partial charge in [0.1, 0.15) is 5.76 Å². The third-order valence-electron chi connectivity index (χ3n) is 3.13. The molecule has 2 rings (SSSR count). The van der Waals surface area contributed by atoms with Crippen LogP contribution in [0.4, 0.5) is 0 Å². The summed E-state index contributed by atoms with van der Waals surface area (Å²) in [4.78, 5) is 0. The van der Waals surface area contributed by atoms with Crippen molar-refractivity contribution in [3.05, 3.63) is 29.5 Å². The summed E-state index contributed by atoms with van der Waals surface area (Å²) in [6, 6.07) is 6.38. The van der Waals surface area contributed by atoms with Crippen molar-refractivity contribution in [3.8, 4) is 5.75 Å². The summed E-state index contributed by atoms with van der Waals surface area (Å²) in [5.74, 6) is 1.71. The summed E-state index contributed by atoms with van der Waals surface area (Å²) >= 11 is 0. The van der Waals surface area contributed by atoms with Gasteiger partial charge in [0.15, 0.2) is 11.3 Å². The van der Waals surface area contributed by atoms with E-state index in [0.29, 0.717) is 25.8 Å². The van der Waals surface area contributed by atoms with Crippen LogP contribution in [0.25, 0.3) is 11.0 Å². The molecular formula is C16H23NO3. The number of benzene rings is 1. The van der Waals surface area contributed by atoms with E-state index in [1.807, 2.05) is 19.1 Å². The van der Waals surface area contributed by atoms with Crippen LogP contribution in [0.3, 0.4) is 0 Å².